The van der Waals surface area contributed by atoms with Crippen molar-refractivity contribution in [3.8, 4) is 0 Å². The maximum Gasteiger partial charge on any atom is 0.290 e. The quantitative estimate of drug-likeness (QED) is 0.714. The highest BCUT2D eigenvalue weighted by atomic mass is 32.1. The van der Waals surface area contributed by atoms with E-state index in [-0.39, 0.29) is 30.2 Å². The summed E-state index contributed by atoms with van der Waals surface area (Å²) >= 11 is 1.42. The van der Waals surface area contributed by atoms with Gasteiger partial charge in [0.1, 0.15) is 4.83 Å². The molecule has 26 heavy (non-hydrogen) atoms. The molecule has 3 aromatic heterocycles. The molecule has 3 heterocycles. The van der Waals surface area contributed by atoms with Gasteiger partial charge in [-0.3, -0.25) is 14.3 Å². The lowest BCUT2D eigenvalue weighted by atomic mass is 10.2. The third-order valence-electron chi connectivity index (χ3n) is 4.58. The van der Waals surface area contributed by atoms with Gasteiger partial charge in [0.2, 0.25) is 5.76 Å². The van der Waals surface area contributed by atoms with E-state index < -0.39 is 0 Å². The number of carbonyl (C=O) groups is 2. The van der Waals surface area contributed by atoms with E-state index in [2.05, 4.69) is 20.9 Å². The van der Waals surface area contributed by atoms with Crippen molar-refractivity contribution in [2.75, 3.05) is 0 Å². The van der Waals surface area contributed by atoms with Crippen LogP contribution in [0.4, 0.5) is 0 Å². The van der Waals surface area contributed by atoms with Crippen molar-refractivity contribution >= 4 is 33.4 Å². The monoisotopic (exact) mass is 373 g/mol. The first-order chi connectivity index (χ1) is 12.6. The molecule has 0 aliphatic heterocycles. The summed E-state index contributed by atoms with van der Waals surface area (Å²) in [6.07, 6.45) is 5.88. The van der Waals surface area contributed by atoms with Crippen LogP contribution in [0.25, 0.3) is 10.2 Å². The van der Waals surface area contributed by atoms with Crippen molar-refractivity contribution in [1.82, 2.24) is 25.6 Å². The average molecular weight is 373 g/mol. The van der Waals surface area contributed by atoms with E-state index in [1.807, 2.05) is 13.1 Å². The van der Waals surface area contributed by atoms with Gasteiger partial charge in [-0.2, -0.15) is 5.10 Å². The standard InChI is InChI=1S/C17H19N5O3S/c1-22-17-11(8-14(26-17)16(24)20-10-4-2-3-5-10)12(21-22)9-18-15(23)13-6-7-19-25-13/h6-8,10H,2-5,9H2,1H3,(H,18,23)(H,20,24). The predicted octanol–water partition coefficient (Wildman–Crippen LogP) is 2.23. The van der Waals surface area contributed by atoms with Crippen molar-refractivity contribution in [2.24, 2.45) is 7.05 Å². The fourth-order valence-electron chi connectivity index (χ4n) is 3.26. The van der Waals surface area contributed by atoms with Crippen molar-refractivity contribution in [3.63, 3.8) is 0 Å². The Morgan fingerprint density at radius 3 is 2.88 bits per heavy atom. The number of nitrogens with zero attached hydrogens (tertiary/aromatic N) is 3. The van der Waals surface area contributed by atoms with E-state index in [4.69, 9.17) is 4.52 Å². The third-order valence-corrected chi connectivity index (χ3v) is 5.78. The molecule has 2 amide bonds. The molecule has 4 rings (SSSR count). The van der Waals surface area contributed by atoms with E-state index in [1.54, 1.807) is 4.68 Å². The fraction of sp³-hybridized carbons (Fsp3) is 0.412. The second-order valence-electron chi connectivity index (χ2n) is 6.41. The molecule has 0 aromatic carbocycles. The number of hydrogen-bond acceptors (Lipinski definition) is 6. The van der Waals surface area contributed by atoms with Crippen LogP contribution in [0.5, 0.6) is 0 Å². The summed E-state index contributed by atoms with van der Waals surface area (Å²) in [5, 5.41) is 14.7. The number of hydrogen-bond donors (Lipinski definition) is 2. The Bertz CT molecular complexity index is 937. The molecular weight excluding hydrogens is 354 g/mol. The van der Waals surface area contributed by atoms with E-state index >= 15 is 0 Å². The highest BCUT2D eigenvalue weighted by molar-refractivity contribution is 7.20. The van der Waals surface area contributed by atoms with Gasteiger partial charge in [0.05, 0.1) is 23.3 Å². The molecule has 1 saturated carbocycles. The van der Waals surface area contributed by atoms with Crippen molar-refractivity contribution in [2.45, 2.75) is 38.3 Å². The first kappa shape index (κ1) is 16.8. The van der Waals surface area contributed by atoms with E-state index in [1.165, 1.54) is 36.4 Å². The molecular formula is C17H19N5O3S. The van der Waals surface area contributed by atoms with Gasteiger partial charge in [0.15, 0.2) is 0 Å². The number of thiophene rings is 1. The fourth-order valence-corrected chi connectivity index (χ4v) is 4.26. The molecule has 9 heteroatoms. The molecule has 2 N–H and O–H groups in total. The summed E-state index contributed by atoms with van der Waals surface area (Å²) in [5.41, 5.74) is 0.714. The smallest absolute Gasteiger partial charge is 0.290 e. The van der Waals surface area contributed by atoms with Crippen LogP contribution in [0.2, 0.25) is 0 Å². The zero-order valence-electron chi connectivity index (χ0n) is 14.3. The third kappa shape index (κ3) is 3.22. The molecule has 0 radical (unpaired) electrons. The summed E-state index contributed by atoms with van der Waals surface area (Å²) < 4.78 is 6.58. The normalized spacial score (nSPS) is 14.8. The van der Waals surface area contributed by atoms with Crippen LogP contribution in [-0.4, -0.2) is 32.8 Å². The molecule has 0 bridgehead atoms. The Labute approximate surface area is 153 Å². The van der Waals surface area contributed by atoms with E-state index in [9.17, 15) is 9.59 Å². The Morgan fingerprint density at radius 1 is 1.35 bits per heavy atom. The number of amides is 2. The van der Waals surface area contributed by atoms with Gasteiger partial charge in [-0.1, -0.05) is 18.0 Å². The molecule has 3 aromatic rings. The highest BCUT2D eigenvalue weighted by Crippen LogP contribution is 2.28. The van der Waals surface area contributed by atoms with Gasteiger partial charge in [0, 0.05) is 24.5 Å². The Morgan fingerprint density at radius 2 is 2.15 bits per heavy atom. The highest BCUT2D eigenvalue weighted by Gasteiger charge is 2.21. The lowest BCUT2D eigenvalue weighted by Crippen LogP contribution is -2.31. The van der Waals surface area contributed by atoms with E-state index in [0.717, 1.165) is 23.1 Å². The molecule has 0 saturated heterocycles. The first-order valence-corrected chi connectivity index (χ1v) is 9.38. The zero-order chi connectivity index (χ0) is 18.1. The van der Waals surface area contributed by atoms with Gasteiger partial charge in [-0.05, 0) is 18.9 Å². The Balaban J connectivity index is 1.50. The maximum absolute atomic E-state index is 12.5. The number of fused-ring (bicyclic) bond motifs is 1. The topological polar surface area (TPSA) is 102 Å². The van der Waals surface area contributed by atoms with Crippen LogP contribution in [0, 0.1) is 0 Å². The molecule has 1 aliphatic rings. The van der Waals surface area contributed by atoms with Gasteiger partial charge < -0.3 is 15.2 Å². The lowest BCUT2D eigenvalue weighted by Gasteiger charge is -2.10. The molecule has 1 aliphatic carbocycles. The maximum atomic E-state index is 12.5. The van der Waals surface area contributed by atoms with Gasteiger partial charge in [-0.15, -0.1) is 11.3 Å². The molecule has 0 unspecified atom stereocenters. The second-order valence-corrected chi connectivity index (χ2v) is 7.44. The van der Waals surface area contributed by atoms with Crippen LogP contribution in [0.3, 0.4) is 0 Å². The Hall–Kier alpha value is -2.68. The van der Waals surface area contributed by atoms with E-state index in [0.29, 0.717) is 10.6 Å². The Kier molecular flexibility index (Phi) is 4.46. The minimum atomic E-state index is -0.351. The predicted molar refractivity (Wildman–Crippen MR) is 96.0 cm³/mol. The van der Waals surface area contributed by atoms with Crippen molar-refractivity contribution < 1.29 is 14.1 Å². The van der Waals surface area contributed by atoms with Gasteiger partial charge >= 0.3 is 0 Å². The van der Waals surface area contributed by atoms with Crippen molar-refractivity contribution in [3.05, 3.63) is 34.7 Å². The SMILES string of the molecule is Cn1nc(CNC(=O)c2ccno2)c2cc(C(=O)NC3CCCC3)sc21. The summed E-state index contributed by atoms with van der Waals surface area (Å²) in [5.74, 6) is -0.232. The number of nitrogens with one attached hydrogen (secondary N) is 2. The number of aryl methyl sites for hydroxylation is 1. The molecule has 8 nitrogen and oxygen atoms in total. The van der Waals surface area contributed by atoms with Crippen LogP contribution < -0.4 is 10.6 Å². The number of aromatic nitrogens is 3. The summed E-state index contributed by atoms with van der Waals surface area (Å²) in [6.45, 7) is 0.247. The first-order valence-electron chi connectivity index (χ1n) is 8.57. The van der Waals surface area contributed by atoms with Crippen LogP contribution in [-0.2, 0) is 13.6 Å². The minimum absolute atomic E-state index is 0.0326. The summed E-state index contributed by atoms with van der Waals surface area (Å²) in [4.78, 5) is 26.1. The minimum Gasteiger partial charge on any atom is -0.351 e. The average Bonchev–Trinajstić information content (AvgIpc) is 3.40. The second kappa shape index (κ2) is 6.91. The van der Waals surface area contributed by atoms with Crippen LogP contribution >= 0.6 is 11.3 Å². The number of carbonyl (C=O) groups excluding carboxylic acids is 2. The zero-order valence-corrected chi connectivity index (χ0v) is 15.1. The van der Waals surface area contributed by atoms with Crippen LogP contribution in [0.15, 0.2) is 22.9 Å². The van der Waals surface area contributed by atoms with Crippen LogP contribution in [0.1, 0.15) is 51.6 Å². The van der Waals surface area contributed by atoms with Crippen molar-refractivity contribution in [1.29, 1.82) is 0 Å². The number of rotatable bonds is 5. The molecule has 1 fully saturated rings. The lowest BCUT2D eigenvalue weighted by molar-refractivity contribution is 0.0911. The molecule has 0 atom stereocenters. The largest absolute Gasteiger partial charge is 0.351 e. The summed E-state index contributed by atoms with van der Waals surface area (Å²) in [7, 11) is 1.83. The summed E-state index contributed by atoms with van der Waals surface area (Å²) in [6, 6.07) is 3.64. The van der Waals surface area contributed by atoms with Gasteiger partial charge in [-0.25, -0.2) is 0 Å². The molecule has 0 spiro atoms. The van der Waals surface area contributed by atoms with Gasteiger partial charge in [0.25, 0.3) is 11.8 Å². The molecule has 136 valence electrons.